The molecule has 5 rings (SSSR count). The summed E-state index contributed by atoms with van der Waals surface area (Å²) >= 11 is 0. The lowest BCUT2D eigenvalue weighted by molar-refractivity contribution is -0.278. The number of esters is 1. The molecule has 2 aliphatic rings. The van der Waals surface area contributed by atoms with Crippen LogP contribution in [0.4, 0.5) is 0 Å². The molecule has 0 saturated carbocycles. The number of methoxy groups -OCH3 is 1. The van der Waals surface area contributed by atoms with Gasteiger partial charge in [0.2, 0.25) is 23.8 Å². The highest BCUT2D eigenvalue weighted by Gasteiger charge is 2.46. The Bertz CT molecular complexity index is 1740. The molecule has 2 fully saturated rings. The van der Waals surface area contributed by atoms with E-state index in [2.05, 4.69) is 0 Å². The average molecular weight is 709 g/mol. The van der Waals surface area contributed by atoms with Gasteiger partial charge in [0.05, 0.1) is 26.1 Å². The number of rotatable bonds is 11. The molecule has 3 aromatic rings. The Kier molecular flexibility index (Phi) is 11.1. The Morgan fingerprint density at radius 2 is 1.44 bits per heavy atom. The van der Waals surface area contributed by atoms with Gasteiger partial charge >= 0.3 is 11.9 Å². The van der Waals surface area contributed by atoms with Crippen molar-refractivity contribution in [1.82, 2.24) is 0 Å². The van der Waals surface area contributed by atoms with E-state index in [9.17, 15) is 50.1 Å². The number of carbonyl (C=O) groups is 2. The van der Waals surface area contributed by atoms with Gasteiger partial charge in [-0.05, 0) is 31.2 Å². The highest BCUT2D eigenvalue weighted by Crippen LogP contribution is 2.38. The molecular formula is C32H36O18. The largest absolute Gasteiger partial charge is 0.507 e. The molecule has 0 radical (unpaired) electrons. The molecule has 18 heteroatoms. The summed E-state index contributed by atoms with van der Waals surface area (Å²) in [5, 5.41) is 81.6. The molecule has 0 aliphatic carbocycles. The Hall–Kier alpha value is -4.53. The van der Waals surface area contributed by atoms with Gasteiger partial charge < -0.3 is 73.7 Å². The van der Waals surface area contributed by atoms with Gasteiger partial charge in [0.15, 0.2) is 5.76 Å². The Morgan fingerprint density at radius 3 is 2.08 bits per heavy atom. The normalized spacial score (nSPS) is 29.7. The number of ether oxygens (including phenoxy) is 6. The van der Waals surface area contributed by atoms with E-state index >= 15 is 0 Å². The van der Waals surface area contributed by atoms with Crippen LogP contribution in [-0.2, 0) is 23.8 Å². The predicted octanol–water partition coefficient (Wildman–Crippen LogP) is -1.03. The first-order chi connectivity index (χ1) is 23.7. The molecule has 2 aliphatic heterocycles. The third-order valence-electron chi connectivity index (χ3n) is 8.17. The number of phenolic OH excluding ortho intramolecular Hbond substituents is 1. The van der Waals surface area contributed by atoms with Gasteiger partial charge in [-0.1, -0.05) is 0 Å². The summed E-state index contributed by atoms with van der Waals surface area (Å²) in [6.45, 7) is 0.782. The number of benzene rings is 2. The molecule has 10 atom stereocenters. The number of aliphatic hydroxyl groups excluding tert-OH is 6. The number of hydrogen-bond acceptors (Lipinski definition) is 17. The van der Waals surface area contributed by atoms with E-state index in [1.54, 1.807) is 12.1 Å². The molecule has 272 valence electrons. The van der Waals surface area contributed by atoms with Crippen LogP contribution in [0.5, 0.6) is 23.0 Å². The summed E-state index contributed by atoms with van der Waals surface area (Å²) in [7, 11) is 1.44. The minimum atomic E-state index is -1.86. The third-order valence-corrected chi connectivity index (χ3v) is 8.17. The average Bonchev–Trinajstić information content (AvgIpc) is 3.09. The number of carboxylic acids is 1. The molecule has 0 unspecified atom stereocenters. The van der Waals surface area contributed by atoms with Gasteiger partial charge in [-0.25, -0.2) is 0 Å². The zero-order valence-electron chi connectivity index (χ0n) is 26.5. The van der Waals surface area contributed by atoms with E-state index in [1.165, 1.54) is 26.2 Å². The van der Waals surface area contributed by atoms with Crippen molar-refractivity contribution in [3.05, 3.63) is 46.6 Å². The molecule has 0 spiro atoms. The summed E-state index contributed by atoms with van der Waals surface area (Å²) in [6.07, 6.45) is -17.2. The van der Waals surface area contributed by atoms with Crippen LogP contribution in [0.1, 0.15) is 19.8 Å². The molecule has 1 aromatic heterocycles. The minimum absolute atomic E-state index is 0.219. The van der Waals surface area contributed by atoms with Crippen LogP contribution in [0.2, 0.25) is 0 Å². The standard InChI is InChI=1S/C32H36O18/c1-12-22(37)25(40)27(42)31(46-12)50-30-24(39)21-16(33)9-15(10-17(21)48-29(30)13-3-5-14(44-2)6-4-13)47-32-28(43)26(41)23(38)18(49-32)11-45-20(36)8-7-19(34)35/h3-6,9-10,12,18,22-23,25-28,31-33,37-38,40-43H,7-8,11H2,1-2H3,(H,34,35)/t12-,18+,22-,23+,25+,26-,27-,28+,31-,32+/m0/s1. The van der Waals surface area contributed by atoms with Crippen molar-refractivity contribution in [2.24, 2.45) is 0 Å². The lowest BCUT2D eigenvalue weighted by Crippen LogP contribution is -2.60. The van der Waals surface area contributed by atoms with Crippen molar-refractivity contribution in [2.75, 3.05) is 13.7 Å². The van der Waals surface area contributed by atoms with Gasteiger partial charge in [-0.2, -0.15) is 0 Å². The van der Waals surface area contributed by atoms with E-state index in [-0.39, 0.29) is 22.7 Å². The maximum Gasteiger partial charge on any atom is 0.306 e. The van der Waals surface area contributed by atoms with Crippen molar-refractivity contribution < 1.29 is 83.3 Å². The maximum atomic E-state index is 13.9. The monoisotopic (exact) mass is 708 g/mol. The first kappa shape index (κ1) is 36.7. The van der Waals surface area contributed by atoms with Crippen molar-refractivity contribution in [3.8, 4) is 34.3 Å². The van der Waals surface area contributed by atoms with E-state index < -0.39 is 115 Å². The van der Waals surface area contributed by atoms with Crippen LogP contribution in [0.25, 0.3) is 22.3 Å². The predicted molar refractivity (Wildman–Crippen MR) is 164 cm³/mol. The van der Waals surface area contributed by atoms with E-state index in [0.29, 0.717) is 5.75 Å². The summed E-state index contributed by atoms with van der Waals surface area (Å²) < 4.78 is 38.6. The second-order valence-corrected chi connectivity index (χ2v) is 11.6. The Balaban J connectivity index is 1.48. The van der Waals surface area contributed by atoms with Crippen LogP contribution >= 0.6 is 0 Å². The summed E-state index contributed by atoms with van der Waals surface area (Å²) in [5.41, 5.74) is -0.956. The zero-order chi connectivity index (χ0) is 36.4. The van der Waals surface area contributed by atoms with Gasteiger partial charge in [-0.15, -0.1) is 0 Å². The third kappa shape index (κ3) is 7.62. The summed E-state index contributed by atoms with van der Waals surface area (Å²) in [4.78, 5) is 36.5. The van der Waals surface area contributed by atoms with Crippen LogP contribution in [0.3, 0.4) is 0 Å². The Morgan fingerprint density at radius 1 is 0.800 bits per heavy atom. The lowest BCUT2D eigenvalue weighted by Gasteiger charge is -2.39. The fraction of sp³-hybridized carbons (Fsp3) is 0.469. The highest BCUT2D eigenvalue weighted by molar-refractivity contribution is 5.88. The van der Waals surface area contributed by atoms with Crippen molar-refractivity contribution >= 4 is 22.9 Å². The Labute approximate surface area is 282 Å². The van der Waals surface area contributed by atoms with Crippen molar-refractivity contribution in [2.45, 2.75) is 81.2 Å². The molecule has 0 amide bonds. The van der Waals surface area contributed by atoms with Crippen LogP contribution in [0.15, 0.2) is 45.6 Å². The molecule has 2 saturated heterocycles. The second-order valence-electron chi connectivity index (χ2n) is 11.6. The lowest BCUT2D eigenvalue weighted by atomic mass is 9.99. The summed E-state index contributed by atoms with van der Waals surface area (Å²) in [5.74, 6) is -3.41. The molecule has 18 nitrogen and oxygen atoms in total. The van der Waals surface area contributed by atoms with E-state index in [0.717, 1.165) is 12.1 Å². The molecule has 0 bridgehead atoms. The zero-order valence-corrected chi connectivity index (χ0v) is 26.5. The second kappa shape index (κ2) is 15.2. The van der Waals surface area contributed by atoms with Crippen LogP contribution in [0, 0.1) is 0 Å². The van der Waals surface area contributed by atoms with Gasteiger partial charge in [-0.3, -0.25) is 14.4 Å². The van der Waals surface area contributed by atoms with E-state index in [4.69, 9.17) is 37.9 Å². The summed E-state index contributed by atoms with van der Waals surface area (Å²) in [6, 6.07) is 8.24. The number of carbonyl (C=O) groups excluding carboxylic acids is 1. The van der Waals surface area contributed by atoms with Gasteiger partial charge in [0.25, 0.3) is 0 Å². The minimum Gasteiger partial charge on any atom is -0.507 e. The number of aliphatic hydroxyl groups is 6. The first-order valence-electron chi connectivity index (χ1n) is 15.3. The molecule has 50 heavy (non-hydrogen) atoms. The van der Waals surface area contributed by atoms with Gasteiger partial charge in [0, 0.05) is 17.7 Å². The highest BCUT2D eigenvalue weighted by atomic mass is 16.7. The number of aliphatic carboxylic acids is 1. The number of hydrogen-bond donors (Lipinski definition) is 8. The topological polar surface area (TPSA) is 282 Å². The fourth-order valence-corrected chi connectivity index (χ4v) is 5.33. The smallest absolute Gasteiger partial charge is 0.306 e. The number of fused-ring (bicyclic) bond motifs is 1. The molecule has 3 heterocycles. The molecular weight excluding hydrogens is 672 g/mol. The number of aromatic hydroxyl groups is 1. The first-order valence-corrected chi connectivity index (χ1v) is 15.3. The van der Waals surface area contributed by atoms with Crippen molar-refractivity contribution in [3.63, 3.8) is 0 Å². The maximum absolute atomic E-state index is 13.9. The molecule has 8 N–H and O–H groups in total. The van der Waals surface area contributed by atoms with Crippen LogP contribution < -0.4 is 19.6 Å². The quantitative estimate of drug-likeness (QED) is 0.111. The SMILES string of the molecule is COc1ccc(-c2oc3cc(O[C@@H]4O[C@H](COC(=O)CCC(=O)O)[C@@H](O)[C@H](O)[C@H]4O)cc(O)c3c(=O)c2O[C@@H]2O[C@@H](C)[C@H](O)[C@@H](O)[C@@H]2O)cc1. The van der Waals surface area contributed by atoms with E-state index in [1.807, 2.05) is 0 Å². The number of phenols is 1. The van der Waals surface area contributed by atoms with Crippen LogP contribution in [-0.4, -0.2) is 128 Å². The van der Waals surface area contributed by atoms with Crippen molar-refractivity contribution in [1.29, 1.82) is 0 Å². The molecule has 2 aromatic carbocycles. The van der Waals surface area contributed by atoms with Gasteiger partial charge in [0.1, 0.15) is 77.6 Å². The number of carboxylic acid groups (broad SMARTS) is 1. The fourth-order valence-electron chi connectivity index (χ4n) is 5.33.